The Morgan fingerprint density at radius 3 is 2.94 bits per heavy atom. The van der Waals surface area contributed by atoms with Crippen LogP contribution in [0, 0.1) is 5.92 Å². The maximum Gasteiger partial charge on any atom is 0.269 e. The van der Waals surface area contributed by atoms with E-state index in [0.717, 1.165) is 25.0 Å². The first-order valence-corrected chi connectivity index (χ1v) is 6.68. The van der Waals surface area contributed by atoms with Gasteiger partial charge in [0.25, 0.3) is 5.91 Å². The van der Waals surface area contributed by atoms with Gasteiger partial charge in [-0.15, -0.1) is 0 Å². The van der Waals surface area contributed by atoms with Crippen molar-refractivity contribution in [3.05, 3.63) is 17.5 Å². The number of nitrogens with two attached hydrogens (primary N) is 1. The Kier molecular flexibility index (Phi) is 4.01. The monoisotopic (exact) mass is 250 g/mol. The van der Waals surface area contributed by atoms with Gasteiger partial charge in [-0.3, -0.25) is 9.48 Å². The molecule has 1 aromatic heterocycles. The predicted octanol–water partition coefficient (Wildman–Crippen LogP) is 0.840. The Hall–Kier alpha value is -1.36. The number of hydrogen-bond donors (Lipinski definition) is 2. The Balaban J connectivity index is 1.92. The van der Waals surface area contributed by atoms with Crippen LogP contribution in [0.25, 0.3) is 0 Å². The van der Waals surface area contributed by atoms with Crippen LogP contribution >= 0.6 is 0 Å². The van der Waals surface area contributed by atoms with Gasteiger partial charge in [0.15, 0.2) is 0 Å². The van der Waals surface area contributed by atoms with E-state index in [1.807, 2.05) is 13.0 Å². The van der Waals surface area contributed by atoms with Crippen molar-refractivity contribution in [3.8, 4) is 0 Å². The Bertz CT molecular complexity index is 427. The normalized spacial score (nSPS) is 23.3. The topological polar surface area (TPSA) is 72.9 Å². The SMILES string of the molecule is CCc1cc(C(=O)NCC2CCCC2N)n(C)n1. The second-order valence-corrected chi connectivity index (χ2v) is 5.06. The van der Waals surface area contributed by atoms with E-state index in [9.17, 15) is 4.79 Å². The highest BCUT2D eigenvalue weighted by Crippen LogP contribution is 2.23. The van der Waals surface area contributed by atoms with Crippen molar-refractivity contribution >= 4 is 5.91 Å². The lowest BCUT2D eigenvalue weighted by Crippen LogP contribution is -2.36. The van der Waals surface area contributed by atoms with Crippen LogP contribution in [0.3, 0.4) is 0 Å². The van der Waals surface area contributed by atoms with Crippen molar-refractivity contribution in [2.24, 2.45) is 18.7 Å². The molecule has 0 aromatic carbocycles. The summed E-state index contributed by atoms with van der Waals surface area (Å²) >= 11 is 0. The number of aromatic nitrogens is 2. The molecule has 0 bridgehead atoms. The lowest BCUT2D eigenvalue weighted by Gasteiger charge is -2.15. The molecule has 1 saturated carbocycles. The van der Waals surface area contributed by atoms with E-state index >= 15 is 0 Å². The first-order chi connectivity index (χ1) is 8.61. The highest BCUT2D eigenvalue weighted by molar-refractivity contribution is 5.92. The molecule has 2 unspecified atom stereocenters. The molecule has 1 heterocycles. The summed E-state index contributed by atoms with van der Waals surface area (Å²) in [4.78, 5) is 12.0. The molecule has 1 amide bonds. The van der Waals surface area contributed by atoms with Crippen LogP contribution < -0.4 is 11.1 Å². The Morgan fingerprint density at radius 2 is 2.39 bits per heavy atom. The van der Waals surface area contributed by atoms with Crippen LogP contribution in [0.4, 0.5) is 0 Å². The quantitative estimate of drug-likeness (QED) is 0.831. The highest BCUT2D eigenvalue weighted by atomic mass is 16.2. The molecule has 0 saturated heterocycles. The minimum absolute atomic E-state index is 0.0520. The molecule has 1 fully saturated rings. The highest BCUT2D eigenvalue weighted by Gasteiger charge is 2.24. The number of nitrogens with one attached hydrogen (secondary N) is 1. The van der Waals surface area contributed by atoms with E-state index < -0.39 is 0 Å². The van der Waals surface area contributed by atoms with E-state index in [4.69, 9.17) is 5.73 Å². The van der Waals surface area contributed by atoms with Gasteiger partial charge in [0, 0.05) is 19.6 Å². The van der Waals surface area contributed by atoms with E-state index in [1.165, 1.54) is 6.42 Å². The molecule has 5 heteroatoms. The van der Waals surface area contributed by atoms with Crippen LogP contribution in [0.5, 0.6) is 0 Å². The molecule has 0 aliphatic heterocycles. The molecule has 3 N–H and O–H groups in total. The zero-order valence-corrected chi connectivity index (χ0v) is 11.1. The minimum Gasteiger partial charge on any atom is -0.350 e. The molecule has 0 spiro atoms. The van der Waals surface area contributed by atoms with Crippen LogP contribution in [0.1, 0.15) is 42.4 Å². The lowest BCUT2D eigenvalue weighted by atomic mass is 10.0. The van der Waals surface area contributed by atoms with Crippen molar-refractivity contribution in [3.63, 3.8) is 0 Å². The van der Waals surface area contributed by atoms with Gasteiger partial charge in [0.1, 0.15) is 5.69 Å². The molecule has 1 aromatic rings. The minimum atomic E-state index is -0.0520. The van der Waals surface area contributed by atoms with Gasteiger partial charge in [-0.1, -0.05) is 13.3 Å². The average Bonchev–Trinajstić information content (AvgIpc) is 2.92. The van der Waals surface area contributed by atoms with E-state index in [2.05, 4.69) is 10.4 Å². The van der Waals surface area contributed by atoms with E-state index in [-0.39, 0.29) is 11.9 Å². The molecule has 1 aliphatic carbocycles. The zero-order valence-electron chi connectivity index (χ0n) is 11.1. The number of amides is 1. The van der Waals surface area contributed by atoms with Gasteiger partial charge < -0.3 is 11.1 Å². The predicted molar refractivity (Wildman–Crippen MR) is 70.2 cm³/mol. The number of hydrogen-bond acceptors (Lipinski definition) is 3. The Morgan fingerprint density at radius 1 is 1.61 bits per heavy atom. The van der Waals surface area contributed by atoms with Crippen molar-refractivity contribution in [1.29, 1.82) is 0 Å². The summed E-state index contributed by atoms with van der Waals surface area (Å²) in [6, 6.07) is 2.09. The molecule has 2 rings (SSSR count). The summed E-state index contributed by atoms with van der Waals surface area (Å²) in [6.45, 7) is 2.70. The first-order valence-electron chi connectivity index (χ1n) is 6.68. The molecule has 5 nitrogen and oxygen atoms in total. The van der Waals surface area contributed by atoms with Crippen molar-refractivity contribution in [2.75, 3.05) is 6.54 Å². The summed E-state index contributed by atoms with van der Waals surface area (Å²) in [5, 5.41) is 7.25. The maximum absolute atomic E-state index is 12.0. The standard InChI is InChI=1S/C13H22N4O/c1-3-10-7-12(17(2)16-10)13(18)15-8-9-5-4-6-11(9)14/h7,9,11H,3-6,8,14H2,1-2H3,(H,15,18). The molecular formula is C13H22N4O. The smallest absolute Gasteiger partial charge is 0.269 e. The molecule has 18 heavy (non-hydrogen) atoms. The van der Waals surface area contributed by atoms with Crippen LogP contribution in [0.2, 0.25) is 0 Å². The van der Waals surface area contributed by atoms with E-state index in [0.29, 0.717) is 18.2 Å². The number of carbonyl (C=O) groups is 1. The molecule has 1 aliphatic rings. The van der Waals surface area contributed by atoms with Gasteiger partial charge in [-0.25, -0.2) is 0 Å². The summed E-state index contributed by atoms with van der Waals surface area (Å²) < 4.78 is 1.64. The maximum atomic E-state index is 12.0. The van der Waals surface area contributed by atoms with Gasteiger partial charge in [0.05, 0.1) is 5.69 Å². The fourth-order valence-electron chi connectivity index (χ4n) is 2.55. The fraction of sp³-hybridized carbons (Fsp3) is 0.692. The largest absolute Gasteiger partial charge is 0.350 e. The van der Waals surface area contributed by atoms with E-state index in [1.54, 1.807) is 11.7 Å². The number of nitrogens with zero attached hydrogens (tertiary/aromatic N) is 2. The fourth-order valence-corrected chi connectivity index (χ4v) is 2.55. The summed E-state index contributed by atoms with van der Waals surface area (Å²) in [6.07, 6.45) is 4.21. The van der Waals surface area contributed by atoms with Crippen LogP contribution in [-0.4, -0.2) is 28.3 Å². The second-order valence-electron chi connectivity index (χ2n) is 5.06. The number of rotatable bonds is 4. The lowest BCUT2D eigenvalue weighted by molar-refractivity contribution is 0.0937. The van der Waals surface area contributed by atoms with Crippen LogP contribution in [-0.2, 0) is 13.5 Å². The average molecular weight is 250 g/mol. The third-order valence-corrected chi connectivity index (χ3v) is 3.77. The van der Waals surface area contributed by atoms with Gasteiger partial charge in [0.2, 0.25) is 0 Å². The number of carbonyl (C=O) groups excluding carboxylic acids is 1. The van der Waals surface area contributed by atoms with Gasteiger partial charge in [-0.05, 0) is 31.2 Å². The summed E-state index contributed by atoms with van der Waals surface area (Å²) in [7, 11) is 1.80. The summed E-state index contributed by atoms with van der Waals surface area (Å²) in [5.41, 5.74) is 7.56. The number of aryl methyl sites for hydroxylation is 2. The van der Waals surface area contributed by atoms with Crippen molar-refractivity contribution in [1.82, 2.24) is 15.1 Å². The summed E-state index contributed by atoms with van der Waals surface area (Å²) in [5.74, 6) is 0.372. The Labute approximate surface area is 108 Å². The van der Waals surface area contributed by atoms with Crippen LogP contribution in [0.15, 0.2) is 6.07 Å². The van der Waals surface area contributed by atoms with Gasteiger partial charge >= 0.3 is 0 Å². The second kappa shape index (κ2) is 5.52. The molecule has 2 atom stereocenters. The third kappa shape index (κ3) is 2.72. The first kappa shape index (κ1) is 13.1. The van der Waals surface area contributed by atoms with Gasteiger partial charge in [-0.2, -0.15) is 5.10 Å². The third-order valence-electron chi connectivity index (χ3n) is 3.77. The van der Waals surface area contributed by atoms with Crippen molar-refractivity contribution < 1.29 is 4.79 Å². The molecular weight excluding hydrogens is 228 g/mol. The molecule has 100 valence electrons. The van der Waals surface area contributed by atoms with Crippen molar-refractivity contribution in [2.45, 2.75) is 38.6 Å². The zero-order chi connectivity index (χ0) is 13.1. The molecule has 0 radical (unpaired) electrons.